The Balaban J connectivity index is 2.30. The Labute approximate surface area is 109 Å². The average molecular weight is 260 g/mol. The largest absolute Gasteiger partial charge is 0.323 e. The molecule has 1 heterocycles. The van der Waals surface area contributed by atoms with Gasteiger partial charge in [0.25, 0.3) is 5.91 Å². The molecular weight excluding hydrogens is 247 g/mol. The number of nitrogens with two attached hydrogens (primary N) is 1. The van der Waals surface area contributed by atoms with E-state index in [9.17, 15) is 9.18 Å². The van der Waals surface area contributed by atoms with Crippen LogP contribution in [0.15, 0.2) is 42.7 Å². The molecule has 0 saturated heterocycles. The topological polar surface area (TPSA) is 71.2 Å². The summed E-state index contributed by atoms with van der Waals surface area (Å²) in [4.78, 5) is 17.6. The van der Waals surface area contributed by atoms with Crippen molar-refractivity contribution in [1.82, 2.24) is 4.98 Å². The second-order valence-corrected chi connectivity index (χ2v) is 3.91. The zero-order valence-corrected chi connectivity index (χ0v) is 10.3. The maximum atomic E-state index is 12.9. The Morgan fingerprint density at radius 2 is 2.00 bits per heavy atom. The number of anilines is 2. The summed E-state index contributed by atoms with van der Waals surface area (Å²) in [6.45, 7) is 0. The number of carbonyl (C=O) groups is 1. The summed E-state index contributed by atoms with van der Waals surface area (Å²) >= 11 is 0. The highest BCUT2D eigenvalue weighted by molar-refractivity contribution is 6.08. The molecule has 6 heteroatoms. The van der Waals surface area contributed by atoms with Gasteiger partial charge in [-0.05, 0) is 30.3 Å². The van der Waals surface area contributed by atoms with Gasteiger partial charge in [-0.15, -0.1) is 0 Å². The van der Waals surface area contributed by atoms with Crippen LogP contribution in [0.3, 0.4) is 0 Å². The molecule has 1 aromatic heterocycles. The first-order valence-electron chi connectivity index (χ1n) is 5.57. The van der Waals surface area contributed by atoms with E-state index >= 15 is 0 Å². The Kier molecular flexibility index (Phi) is 3.72. The van der Waals surface area contributed by atoms with E-state index in [-0.39, 0.29) is 11.7 Å². The molecule has 0 radical (unpaired) electrons. The molecule has 5 nitrogen and oxygen atoms in total. The van der Waals surface area contributed by atoms with Crippen molar-refractivity contribution < 1.29 is 9.18 Å². The Hall–Kier alpha value is -2.47. The molecule has 0 spiro atoms. The lowest BCUT2D eigenvalue weighted by molar-refractivity contribution is 0.0993. The fraction of sp³-hybridized carbons (Fsp3) is 0.0769. The number of aromatic nitrogens is 1. The number of pyridine rings is 1. The lowest BCUT2D eigenvalue weighted by Crippen LogP contribution is -2.27. The molecule has 2 aromatic rings. The molecular formula is C13H13FN4O. The third kappa shape index (κ3) is 2.69. The third-order valence-electron chi connectivity index (χ3n) is 2.73. The molecule has 0 fully saturated rings. The molecule has 0 aliphatic carbocycles. The van der Waals surface area contributed by atoms with Crippen LogP contribution in [-0.4, -0.2) is 17.9 Å². The number of halogens is 1. The van der Waals surface area contributed by atoms with E-state index < -0.39 is 0 Å². The van der Waals surface area contributed by atoms with E-state index in [2.05, 4.69) is 10.4 Å². The van der Waals surface area contributed by atoms with Crippen LogP contribution in [0.25, 0.3) is 0 Å². The lowest BCUT2D eigenvalue weighted by Gasteiger charge is -2.18. The molecule has 98 valence electrons. The number of nitrogen functional groups attached to an aromatic ring is 1. The van der Waals surface area contributed by atoms with Crippen LogP contribution >= 0.6 is 0 Å². The number of carbonyl (C=O) groups excluding carboxylic acids is 1. The van der Waals surface area contributed by atoms with E-state index in [1.807, 2.05) is 0 Å². The SMILES string of the molecule is CN(C(=O)c1cnccc1NN)c1ccc(F)cc1. The number of rotatable bonds is 3. The predicted octanol–water partition coefficient (Wildman–Crippen LogP) is 1.78. The highest BCUT2D eigenvalue weighted by Crippen LogP contribution is 2.19. The molecule has 1 amide bonds. The molecule has 1 aromatic carbocycles. The quantitative estimate of drug-likeness (QED) is 0.652. The summed E-state index contributed by atoms with van der Waals surface area (Å²) in [5.74, 6) is 4.71. The lowest BCUT2D eigenvalue weighted by atomic mass is 10.2. The van der Waals surface area contributed by atoms with Gasteiger partial charge in [0.2, 0.25) is 0 Å². The Morgan fingerprint density at radius 3 is 2.63 bits per heavy atom. The number of hydrogen-bond donors (Lipinski definition) is 2. The molecule has 0 atom stereocenters. The summed E-state index contributed by atoms with van der Waals surface area (Å²) in [7, 11) is 1.60. The van der Waals surface area contributed by atoms with Gasteiger partial charge < -0.3 is 10.3 Å². The standard InChI is InChI=1S/C13H13FN4O/c1-18(10-4-2-9(14)3-5-10)13(19)11-8-16-7-6-12(11)17-15/h2-8H,15H2,1H3,(H,16,17). The van der Waals surface area contributed by atoms with Crippen LogP contribution in [-0.2, 0) is 0 Å². The number of hydrazine groups is 1. The van der Waals surface area contributed by atoms with E-state index in [1.54, 1.807) is 13.1 Å². The van der Waals surface area contributed by atoms with Crippen molar-refractivity contribution >= 4 is 17.3 Å². The van der Waals surface area contributed by atoms with Crippen molar-refractivity contribution in [3.8, 4) is 0 Å². The van der Waals surface area contributed by atoms with E-state index in [4.69, 9.17) is 5.84 Å². The summed E-state index contributed by atoms with van der Waals surface area (Å²) in [5, 5.41) is 0. The van der Waals surface area contributed by atoms with Crippen LogP contribution < -0.4 is 16.2 Å². The summed E-state index contributed by atoms with van der Waals surface area (Å²) in [6.07, 6.45) is 2.96. The van der Waals surface area contributed by atoms with Crippen molar-refractivity contribution in [2.75, 3.05) is 17.4 Å². The monoisotopic (exact) mass is 260 g/mol. The molecule has 3 N–H and O–H groups in total. The molecule has 2 rings (SSSR count). The Morgan fingerprint density at radius 1 is 1.32 bits per heavy atom. The number of benzene rings is 1. The van der Waals surface area contributed by atoms with Gasteiger partial charge in [-0.3, -0.25) is 15.6 Å². The number of nitrogens with one attached hydrogen (secondary N) is 1. The van der Waals surface area contributed by atoms with Crippen molar-refractivity contribution in [3.63, 3.8) is 0 Å². The van der Waals surface area contributed by atoms with Crippen LogP contribution in [0.2, 0.25) is 0 Å². The molecule has 19 heavy (non-hydrogen) atoms. The first-order chi connectivity index (χ1) is 9.13. The minimum atomic E-state index is -0.352. The zero-order valence-electron chi connectivity index (χ0n) is 10.3. The molecule has 0 aliphatic rings. The number of hydrogen-bond acceptors (Lipinski definition) is 4. The molecule has 0 aliphatic heterocycles. The van der Waals surface area contributed by atoms with E-state index in [1.165, 1.54) is 41.6 Å². The zero-order chi connectivity index (χ0) is 13.8. The van der Waals surface area contributed by atoms with Gasteiger partial charge in [-0.25, -0.2) is 4.39 Å². The van der Waals surface area contributed by atoms with E-state index in [0.717, 1.165) is 0 Å². The van der Waals surface area contributed by atoms with E-state index in [0.29, 0.717) is 16.9 Å². The fourth-order valence-corrected chi connectivity index (χ4v) is 1.65. The van der Waals surface area contributed by atoms with Gasteiger partial charge in [0.05, 0.1) is 11.3 Å². The van der Waals surface area contributed by atoms with Crippen molar-refractivity contribution in [2.24, 2.45) is 5.84 Å². The fourth-order valence-electron chi connectivity index (χ4n) is 1.65. The highest BCUT2D eigenvalue weighted by Gasteiger charge is 2.17. The average Bonchev–Trinajstić information content (AvgIpc) is 2.46. The first-order valence-corrected chi connectivity index (χ1v) is 5.57. The van der Waals surface area contributed by atoms with Crippen LogP contribution in [0.5, 0.6) is 0 Å². The van der Waals surface area contributed by atoms with Crippen LogP contribution in [0.4, 0.5) is 15.8 Å². The van der Waals surface area contributed by atoms with Crippen molar-refractivity contribution in [2.45, 2.75) is 0 Å². The van der Waals surface area contributed by atoms with Gasteiger partial charge in [-0.2, -0.15) is 0 Å². The van der Waals surface area contributed by atoms with Gasteiger partial charge in [0.1, 0.15) is 5.82 Å². The summed E-state index contributed by atoms with van der Waals surface area (Å²) in [6, 6.07) is 7.25. The minimum Gasteiger partial charge on any atom is -0.323 e. The first kappa shape index (κ1) is 13.0. The second kappa shape index (κ2) is 5.45. The molecule has 0 bridgehead atoms. The smallest absolute Gasteiger partial charge is 0.261 e. The van der Waals surface area contributed by atoms with Gasteiger partial charge in [0, 0.05) is 25.1 Å². The third-order valence-corrected chi connectivity index (χ3v) is 2.73. The maximum absolute atomic E-state index is 12.9. The number of nitrogens with zero attached hydrogens (tertiary/aromatic N) is 2. The van der Waals surface area contributed by atoms with Gasteiger partial charge in [-0.1, -0.05) is 0 Å². The second-order valence-electron chi connectivity index (χ2n) is 3.91. The predicted molar refractivity (Wildman–Crippen MR) is 71.2 cm³/mol. The summed E-state index contributed by atoms with van der Waals surface area (Å²) < 4.78 is 12.9. The Bertz CT molecular complexity index is 585. The van der Waals surface area contributed by atoms with Gasteiger partial charge in [0.15, 0.2) is 0 Å². The number of amides is 1. The summed E-state index contributed by atoms with van der Waals surface area (Å²) in [5.41, 5.74) is 3.85. The van der Waals surface area contributed by atoms with Gasteiger partial charge >= 0.3 is 0 Å². The normalized spacial score (nSPS) is 10.1. The maximum Gasteiger partial charge on any atom is 0.261 e. The van der Waals surface area contributed by atoms with Crippen molar-refractivity contribution in [3.05, 3.63) is 54.1 Å². The van der Waals surface area contributed by atoms with Crippen molar-refractivity contribution in [1.29, 1.82) is 0 Å². The molecule has 0 unspecified atom stereocenters. The van der Waals surface area contributed by atoms with Crippen LogP contribution in [0.1, 0.15) is 10.4 Å². The highest BCUT2D eigenvalue weighted by atomic mass is 19.1. The molecule has 0 saturated carbocycles. The minimum absolute atomic E-state index is 0.285. The van der Waals surface area contributed by atoms with Crippen LogP contribution in [0, 0.1) is 5.82 Å².